The number of benzene rings is 1. The van der Waals surface area contributed by atoms with E-state index in [0.29, 0.717) is 16.1 Å². The summed E-state index contributed by atoms with van der Waals surface area (Å²) >= 11 is 1.37. The normalized spacial score (nSPS) is 11.6. The molecule has 0 spiro atoms. The summed E-state index contributed by atoms with van der Waals surface area (Å²) in [5.41, 5.74) is 1.59. The molecule has 0 saturated carbocycles. The fourth-order valence-corrected chi connectivity index (χ4v) is 3.88. The highest BCUT2D eigenvalue weighted by molar-refractivity contribution is 7.16. The zero-order chi connectivity index (χ0) is 19.8. The summed E-state index contributed by atoms with van der Waals surface area (Å²) < 4.78 is 18.1. The number of fused-ring (bicyclic) bond motifs is 1. The molecule has 1 amide bonds. The number of halogens is 1. The minimum Gasteiger partial charge on any atom is -0.465 e. The Labute approximate surface area is 160 Å². The average molecular weight is 388 g/mol. The molecule has 27 heavy (non-hydrogen) atoms. The lowest BCUT2D eigenvalue weighted by atomic mass is 9.94. The van der Waals surface area contributed by atoms with E-state index in [1.54, 1.807) is 18.3 Å². The van der Waals surface area contributed by atoms with Crippen molar-refractivity contribution in [1.82, 2.24) is 4.98 Å². The van der Waals surface area contributed by atoms with Gasteiger partial charge in [-0.3, -0.25) is 4.79 Å². The lowest BCUT2D eigenvalue weighted by Gasteiger charge is -2.15. The quantitative estimate of drug-likeness (QED) is 0.640. The van der Waals surface area contributed by atoms with Crippen LogP contribution < -0.4 is 5.32 Å². The van der Waals surface area contributed by atoms with E-state index in [1.807, 2.05) is 20.8 Å². The number of carbonyl (C=O) groups is 2. The number of nitrogens with one attached hydrogen (secondary N) is 2. The molecule has 0 aliphatic rings. The van der Waals surface area contributed by atoms with Crippen LogP contribution in [0.2, 0.25) is 0 Å². The van der Waals surface area contributed by atoms with Gasteiger partial charge in [0, 0.05) is 22.0 Å². The number of anilines is 1. The number of aromatic amines is 1. The third kappa shape index (κ3) is 4.03. The van der Waals surface area contributed by atoms with Gasteiger partial charge in [0.2, 0.25) is 5.91 Å². The van der Waals surface area contributed by atoms with E-state index < -0.39 is 5.97 Å². The van der Waals surface area contributed by atoms with Crippen LogP contribution in [0.25, 0.3) is 10.9 Å². The van der Waals surface area contributed by atoms with Gasteiger partial charge in [-0.15, -0.1) is 11.3 Å². The summed E-state index contributed by atoms with van der Waals surface area (Å²) in [6, 6.07) is 6.16. The molecule has 0 aliphatic carbocycles. The number of ether oxygens (including phenoxy) is 1. The molecule has 0 radical (unpaired) electrons. The Kier molecular flexibility index (Phi) is 5.06. The van der Waals surface area contributed by atoms with Crippen molar-refractivity contribution in [3.63, 3.8) is 0 Å². The lowest BCUT2D eigenvalue weighted by Crippen LogP contribution is -2.15. The Bertz CT molecular complexity index is 1010. The van der Waals surface area contributed by atoms with E-state index in [9.17, 15) is 14.0 Å². The molecule has 5 nitrogen and oxygen atoms in total. The van der Waals surface area contributed by atoms with Crippen LogP contribution in [0.1, 0.15) is 41.6 Å². The highest BCUT2D eigenvalue weighted by atomic mass is 32.1. The van der Waals surface area contributed by atoms with E-state index >= 15 is 0 Å². The molecule has 0 saturated heterocycles. The zero-order valence-electron chi connectivity index (χ0n) is 15.6. The highest BCUT2D eigenvalue weighted by Gasteiger charge is 2.24. The number of H-pyrrole nitrogens is 1. The summed E-state index contributed by atoms with van der Waals surface area (Å²) in [4.78, 5) is 28.6. The number of thiophene rings is 1. The fourth-order valence-electron chi connectivity index (χ4n) is 2.76. The van der Waals surface area contributed by atoms with Gasteiger partial charge in [0.25, 0.3) is 0 Å². The molecule has 3 aromatic rings. The van der Waals surface area contributed by atoms with Gasteiger partial charge in [-0.2, -0.15) is 0 Å². The molecule has 142 valence electrons. The van der Waals surface area contributed by atoms with E-state index in [1.165, 1.54) is 30.6 Å². The summed E-state index contributed by atoms with van der Waals surface area (Å²) in [7, 11) is 1.31. The van der Waals surface area contributed by atoms with Crippen LogP contribution in [0.15, 0.2) is 30.5 Å². The topological polar surface area (TPSA) is 71.2 Å². The van der Waals surface area contributed by atoms with Crippen LogP contribution in [0, 0.1) is 5.82 Å². The Morgan fingerprint density at radius 3 is 2.67 bits per heavy atom. The third-order valence-electron chi connectivity index (χ3n) is 4.21. The first-order valence-corrected chi connectivity index (χ1v) is 9.28. The molecular formula is C20H21FN2O3S. The van der Waals surface area contributed by atoms with Gasteiger partial charge in [0.15, 0.2) is 0 Å². The van der Waals surface area contributed by atoms with Gasteiger partial charge in [0.1, 0.15) is 10.8 Å². The number of carbonyl (C=O) groups excluding carboxylic acids is 2. The summed E-state index contributed by atoms with van der Waals surface area (Å²) in [6.07, 6.45) is 1.80. The van der Waals surface area contributed by atoms with Crippen LogP contribution in [0.5, 0.6) is 0 Å². The summed E-state index contributed by atoms with van der Waals surface area (Å²) in [5, 5.41) is 4.09. The van der Waals surface area contributed by atoms with Gasteiger partial charge < -0.3 is 15.0 Å². The number of amides is 1. The predicted molar refractivity (Wildman–Crippen MR) is 105 cm³/mol. The predicted octanol–water partition coefficient (Wildman–Crippen LogP) is 4.63. The van der Waals surface area contributed by atoms with Crippen molar-refractivity contribution in [3.8, 4) is 0 Å². The number of rotatable bonds is 4. The molecule has 2 N–H and O–H groups in total. The van der Waals surface area contributed by atoms with Crippen LogP contribution in [0.4, 0.5) is 9.39 Å². The lowest BCUT2D eigenvalue weighted by molar-refractivity contribution is -0.115. The van der Waals surface area contributed by atoms with Crippen molar-refractivity contribution >= 4 is 39.1 Å². The van der Waals surface area contributed by atoms with Gasteiger partial charge in [-0.05, 0) is 35.2 Å². The van der Waals surface area contributed by atoms with Crippen molar-refractivity contribution in [3.05, 3.63) is 52.3 Å². The first-order valence-electron chi connectivity index (χ1n) is 8.47. The first-order chi connectivity index (χ1) is 12.7. The molecule has 7 heteroatoms. The first kappa shape index (κ1) is 19.1. The van der Waals surface area contributed by atoms with Gasteiger partial charge in [-0.25, -0.2) is 9.18 Å². The average Bonchev–Trinajstić information content (AvgIpc) is 3.18. The van der Waals surface area contributed by atoms with Crippen molar-refractivity contribution in [2.75, 3.05) is 12.4 Å². The Morgan fingerprint density at radius 1 is 1.26 bits per heavy atom. The summed E-state index contributed by atoms with van der Waals surface area (Å²) in [6.45, 7) is 6.11. The molecule has 0 aliphatic heterocycles. The van der Waals surface area contributed by atoms with Crippen molar-refractivity contribution in [2.24, 2.45) is 0 Å². The Balaban J connectivity index is 1.84. The number of hydrogen-bond donors (Lipinski definition) is 2. The second-order valence-electron chi connectivity index (χ2n) is 7.32. The summed E-state index contributed by atoms with van der Waals surface area (Å²) in [5.74, 6) is -1.08. The largest absolute Gasteiger partial charge is 0.465 e. The van der Waals surface area contributed by atoms with Gasteiger partial charge in [0.05, 0.1) is 19.1 Å². The second kappa shape index (κ2) is 7.15. The monoisotopic (exact) mass is 388 g/mol. The van der Waals surface area contributed by atoms with Crippen LogP contribution >= 0.6 is 11.3 Å². The fraction of sp³-hybridized carbons (Fsp3) is 0.300. The Hall–Kier alpha value is -2.67. The zero-order valence-corrected chi connectivity index (χ0v) is 16.4. The molecule has 2 heterocycles. The molecule has 0 fully saturated rings. The number of hydrogen-bond acceptors (Lipinski definition) is 4. The van der Waals surface area contributed by atoms with Gasteiger partial charge in [-0.1, -0.05) is 20.8 Å². The molecule has 0 atom stereocenters. The molecule has 1 aromatic carbocycles. The van der Waals surface area contributed by atoms with E-state index in [0.717, 1.165) is 15.8 Å². The second-order valence-corrected chi connectivity index (χ2v) is 8.38. The molecule has 0 bridgehead atoms. The Morgan fingerprint density at radius 2 is 2.00 bits per heavy atom. The minimum atomic E-state index is -0.486. The SMILES string of the molecule is COC(=O)c1cc(C(C)(C)C)sc1NC(=O)Cc1c[nH]c2cc(F)ccc12. The van der Waals surface area contributed by atoms with E-state index in [4.69, 9.17) is 4.74 Å². The van der Waals surface area contributed by atoms with Gasteiger partial charge >= 0.3 is 5.97 Å². The molecular weight excluding hydrogens is 367 g/mol. The number of methoxy groups -OCH3 is 1. The van der Waals surface area contributed by atoms with Crippen molar-refractivity contribution in [1.29, 1.82) is 0 Å². The minimum absolute atomic E-state index is 0.106. The smallest absolute Gasteiger partial charge is 0.340 e. The molecule has 0 unspecified atom stereocenters. The number of aromatic nitrogens is 1. The standard InChI is InChI=1S/C20H21FN2O3S/c1-20(2,3)16-9-14(19(25)26-4)18(27-16)23-17(24)7-11-10-22-15-8-12(21)5-6-13(11)15/h5-6,8-10,22H,7H2,1-4H3,(H,23,24). The maximum Gasteiger partial charge on any atom is 0.340 e. The molecule has 2 aromatic heterocycles. The number of esters is 1. The van der Waals surface area contributed by atoms with E-state index in [-0.39, 0.29) is 23.6 Å². The van der Waals surface area contributed by atoms with Crippen molar-refractivity contribution in [2.45, 2.75) is 32.6 Å². The van der Waals surface area contributed by atoms with Crippen LogP contribution in [-0.4, -0.2) is 24.0 Å². The maximum atomic E-state index is 13.3. The molecule has 3 rings (SSSR count). The van der Waals surface area contributed by atoms with Crippen LogP contribution in [0.3, 0.4) is 0 Å². The third-order valence-corrected chi connectivity index (χ3v) is 5.69. The van der Waals surface area contributed by atoms with Crippen LogP contribution in [-0.2, 0) is 21.4 Å². The maximum absolute atomic E-state index is 13.3. The highest BCUT2D eigenvalue weighted by Crippen LogP contribution is 2.36. The van der Waals surface area contributed by atoms with E-state index in [2.05, 4.69) is 10.3 Å². The van der Waals surface area contributed by atoms with Crippen molar-refractivity contribution < 1.29 is 18.7 Å².